The van der Waals surface area contributed by atoms with Gasteiger partial charge < -0.3 is 47.4 Å². The molecule has 0 aromatic heterocycles. The Morgan fingerprint density at radius 1 is 0.419 bits per heavy atom. The minimum Gasteiger partial charge on any atom is -0.460 e. The van der Waals surface area contributed by atoms with Crippen LogP contribution in [0.3, 0.4) is 0 Å². The van der Waals surface area contributed by atoms with E-state index in [1.54, 1.807) is 24.3 Å². The summed E-state index contributed by atoms with van der Waals surface area (Å²) >= 11 is 5.65. The molecule has 11 nitrogen and oxygen atoms in total. The Bertz CT molecular complexity index is 700. The van der Waals surface area contributed by atoms with Gasteiger partial charge in [-0.1, -0.05) is 31.0 Å². The maximum Gasteiger partial charge on any atom is 0.338 e. The molecule has 0 aliphatic rings. The van der Waals surface area contributed by atoms with Crippen molar-refractivity contribution < 1.29 is 52.2 Å². The summed E-state index contributed by atoms with van der Waals surface area (Å²) < 4.78 is 54.3. The van der Waals surface area contributed by atoms with E-state index in [4.69, 9.17) is 59.0 Å². The van der Waals surface area contributed by atoms with E-state index in [-0.39, 0.29) is 12.6 Å². The standard InChI is InChI=1S/C31H53ClO11/c32-10-6-1-2-7-11-34-12-13-35-14-15-36-16-17-37-18-19-38-20-21-39-22-23-40-24-25-41-26-27-42-28-29-43-31(33)30-8-4-3-5-9-30/h3-5,8-9H,1-2,6-7,10-29H2. The van der Waals surface area contributed by atoms with E-state index < -0.39 is 0 Å². The van der Waals surface area contributed by atoms with Gasteiger partial charge in [-0.15, -0.1) is 11.6 Å². The summed E-state index contributed by atoms with van der Waals surface area (Å²) in [6.45, 7) is 9.48. The van der Waals surface area contributed by atoms with Gasteiger partial charge in [-0.25, -0.2) is 4.79 Å². The van der Waals surface area contributed by atoms with Gasteiger partial charge in [0.05, 0.1) is 118 Å². The predicted octanol–water partition coefficient (Wildman–Crippen LogP) is 3.79. The van der Waals surface area contributed by atoms with Crippen LogP contribution in [0.1, 0.15) is 36.0 Å². The second kappa shape index (κ2) is 33.5. The Morgan fingerprint density at radius 3 is 1.12 bits per heavy atom. The second-order valence-corrected chi connectivity index (χ2v) is 9.49. The first-order valence-electron chi connectivity index (χ1n) is 15.3. The molecule has 1 aromatic rings. The number of alkyl halides is 1. The number of halogens is 1. The van der Waals surface area contributed by atoms with Crippen LogP contribution in [0.15, 0.2) is 30.3 Å². The Labute approximate surface area is 262 Å². The number of carbonyl (C=O) groups excluding carboxylic acids is 1. The van der Waals surface area contributed by atoms with Gasteiger partial charge in [0, 0.05) is 12.5 Å². The van der Waals surface area contributed by atoms with E-state index in [1.165, 1.54) is 12.8 Å². The number of hydrogen-bond acceptors (Lipinski definition) is 11. The molecule has 0 saturated heterocycles. The molecule has 43 heavy (non-hydrogen) atoms. The van der Waals surface area contributed by atoms with Gasteiger partial charge in [-0.2, -0.15) is 0 Å². The summed E-state index contributed by atoms with van der Waals surface area (Å²) in [7, 11) is 0. The normalized spacial score (nSPS) is 11.3. The van der Waals surface area contributed by atoms with Crippen LogP contribution < -0.4 is 0 Å². The third kappa shape index (κ3) is 29.1. The number of benzene rings is 1. The first-order valence-corrected chi connectivity index (χ1v) is 15.9. The van der Waals surface area contributed by atoms with Crippen molar-refractivity contribution in [2.75, 3.05) is 131 Å². The van der Waals surface area contributed by atoms with Gasteiger partial charge in [0.15, 0.2) is 0 Å². The van der Waals surface area contributed by atoms with Crippen molar-refractivity contribution in [2.45, 2.75) is 25.7 Å². The molecule has 1 aromatic carbocycles. The quantitative estimate of drug-likeness (QED) is 0.0626. The number of hydrogen-bond donors (Lipinski definition) is 0. The Kier molecular flexibility index (Phi) is 30.9. The molecule has 0 radical (unpaired) electrons. The van der Waals surface area contributed by atoms with Crippen LogP contribution in [0.2, 0.25) is 0 Å². The highest BCUT2D eigenvalue weighted by Crippen LogP contribution is 2.02. The SMILES string of the molecule is O=C(OCCOCCOCCOCCOCCOCCOCCOCCOCCOCCCCCCCl)c1ccccc1. The van der Waals surface area contributed by atoms with Crippen LogP contribution in [0, 0.1) is 0 Å². The van der Waals surface area contributed by atoms with Crippen molar-refractivity contribution in [2.24, 2.45) is 0 Å². The summed E-state index contributed by atoms with van der Waals surface area (Å²) in [5, 5.41) is 0. The minimum atomic E-state index is -0.354. The molecule has 0 unspecified atom stereocenters. The molecule has 12 heteroatoms. The van der Waals surface area contributed by atoms with Crippen molar-refractivity contribution in [1.82, 2.24) is 0 Å². The third-order valence-electron chi connectivity index (χ3n) is 5.62. The Morgan fingerprint density at radius 2 is 0.744 bits per heavy atom. The lowest BCUT2D eigenvalue weighted by atomic mass is 10.2. The van der Waals surface area contributed by atoms with Crippen LogP contribution in [0.4, 0.5) is 0 Å². The molecule has 250 valence electrons. The van der Waals surface area contributed by atoms with Crippen molar-refractivity contribution in [3.63, 3.8) is 0 Å². The zero-order valence-corrected chi connectivity index (χ0v) is 26.5. The smallest absolute Gasteiger partial charge is 0.338 e. The van der Waals surface area contributed by atoms with E-state index in [0.29, 0.717) is 118 Å². The highest BCUT2D eigenvalue weighted by atomic mass is 35.5. The number of carbonyl (C=O) groups is 1. The average molecular weight is 637 g/mol. The van der Waals surface area contributed by atoms with Crippen LogP contribution in [0.25, 0.3) is 0 Å². The summed E-state index contributed by atoms with van der Waals surface area (Å²) in [4.78, 5) is 11.8. The second-order valence-electron chi connectivity index (χ2n) is 9.12. The maximum absolute atomic E-state index is 11.8. The first kappa shape index (κ1) is 39.6. The van der Waals surface area contributed by atoms with Crippen molar-refractivity contribution in [1.29, 1.82) is 0 Å². The highest BCUT2D eigenvalue weighted by molar-refractivity contribution is 6.17. The van der Waals surface area contributed by atoms with Crippen molar-refractivity contribution in [3.05, 3.63) is 35.9 Å². The number of esters is 1. The van der Waals surface area contributed by atoms with Crippen LogP contribution in [-0.4, -0.2) is 137 Å². The topological polar surface area (TPSA) is 109 Å². The summed E-state index contributed by atoms with van der Waals surface area (Å²) in [6, 6.07) is 8.86. The number of ether oxygens (including phenoxy) is 10. The predicted molar refractivity (Wildman–Crippen MR) is 163 cm³/mol. The fourth-order valence-corrected chi connectivity index (χ4v) is 3.55. The molecular weight excluding hydrogens is 584 g/mol. The highest BCUT2D eigenvalue weighted by Gasteiger charge is 2.05. The van der Waals surface area contributed by atoms with E-state index in [1.807, 2.05) is 6.07 Å². The molecule has 0 fully saturated rings. The maximum atomic E-state index is 11.8. The lowest BCUT2D eigenvalue weighted by Crippen LogP contribution is -2.15. The van der Waals surface area contributed by atoms with Gasteiger partial charge in [0.2, 0.25) is 0 Å². The lowest BCUT2D eigenvalue weighted by Gasteiger charge is -2.09. The summed E-state index contributed by atoms with van der Waals surface area (Å²) in [6.07, 6.45) is 4.49. The van der Waals surface area contributed by atoms with E-state index in [2.05, 4.69) is 0 Å². The van der Waals surface area contributed by atoms with Gasteiger partial charge in [-0.3, -0.25) is 0 Å². The monoisotopic (exact) mass is 636 g/mol. The van der Waals surface area contributed by atoms with Crippen LogP contribution >= 0.6 is 11.6 Å². The largest absolute Gasteiger partial charge is 0.460 e. The van der Waals surface area contributed by atoms with Gasteiger partial charge in [0.1, 0.15) is 6.61 Å². The van der Waals surface area contributed by atoms with E-state index in [9.17, 15) is 4.79 Å². The fourth-order valence-electron chi connectivity index (χ4n) is 3.36. The molecule has 0 aliphatic carbocycles. The summed E-state index contributed by atoms with van der Waals surface area (Å²) in [5.74, 6) is 0.387. The van der Waals surface area contributed by atoms with Gasteiger partial charge in [0.25, 0.3) is 0 Å². The van der Waals surface area contributed by atoms with Crippen LogP contribution in [-0.2, 0) is 47.4 Å². The molecule has 0 amide bonds. The third-order valence-corrected chi connectivity index (χ3v) is 5.89. The fraction of sp³-hybridized carbons (Fsp3) is 0.774. The number of rotatable bonds is 34. The zero-order chi connectivity index (χ0) is 30.7. The van der Waals surface area contributed by atoms with Crippen molar-refractivity contribution in [3.8, 4) is 0 Å². The zero-order valence-electron chi connectivity index (χ0n) is 25.7. The van der Waals surface area contributed by atoms with Crippen molar-refractivity contribution >= 4 is 17.6 Å². The molecule has 1 rings (SSSR count). The molecule has 0 atom stereocenters. The molecule has 0 saturated carbocycles. The van der Waals surface area contributed by atoms with Crippen LogP contribution in [0.5, 0.6) is 0 Å². The van der Waals surface area contributed by atoms with E-state index in [0.717, 1.165) is 25.3 Å². The Balaban J connectivity index is 1.64. The molecule has 0 aliphatic heterocycles. The minimum absolute atomic E-state index is 0.205. The van der Waals surface area contributed by atoms with Gasteiger partial charge >= 0.3 is 5.97 Å². The molecule has 0 heterocycles. The molecule has 0 spiro atoms. The first-order chi connectivity index (χ1) is 21.3. The summed E-state index contributed by atoms with van der Waals surface area (Å²) in [5.41, 5.74) is 0.528. The molecular formula is C31H53ClO11. The number of unbranched alkanes of at least 4 members (excludes halogenated alkanes) is 3. The average Bonchev–Trinajstić information content (AvgIpc) is 3.03. The Hall–Kier alpha value is -1.38. The lowest BCUT2D eigenvalue weighted by molar-refractivity contribution is -0.0259. The van der Waals surface area contributed by atoms with E-state index >= 15 is 0 Å². The molecule has 0 bridgehead atoms. The van der Waals surface area contributed by atoms with Gasteiger partial charge in [-0.05, 0) is 25.0 Å². The molecule has 0 N–H and O–H groups in total.